The molecule has 3 N–H and O–H groups in total. The van der Waals surface area contributed by atoms with E-state index >= 15 is 0 Å². The smallest absolute Gasteiger partial charge is 0.239 e. The van der Waals surface area contributed by atoms with Gasteiger partial charge in [0.15, 0.2) is 0 Å². The van der Waals surface area contributed by atoms with Gasteiger partial charge in [-0.25, -0.2) is 0 Å². The number of nitrogens with two attached hydrogens (primary N) is 1. The molecule has 0 heterocycles. The first-order valence-electron chi connectivity index (χ1n) is 6.76. The molecule has 1 fully saturated rings. The number of hydrogen-bond acceptors (Lipinski definition) is 3. The van der Waals surface area contributed by atoms with Crippen LogP contribution < -0.4 is 11.1 Å². The summed E-state index contributed by atoms with van der Waals surface area (Å²) in [5.41, 5.74) is 6.91. The normalized spacial score (nSPS) is 17.6. The highest BCUT2D eigenvalue weighted by molar-refractivity contribution is 5.81. The highest BCUT2D eigenvalue weighted by Crippen LogP contribution is 2.21. The van der Waals surface area contributed by atoms with Crippen LogP contribution in [-0.2, 0) is 4.79 Å². The van der Waals surface area contributed by atoms with Gasteiger partial charge in [-0.05, 0) is 30.5 Å². The van der Waals surface area contributed by atoms with E-state index in [9.17, 15) is 4.79 Å². The maximum Gasteiger partial charge on any atom is 0.239 e. The van der Waals surface area contributed by atoms with Gasteiger partial charge in [0.2, 0.25) is 5.91 Å². The Hall–Kier alpha value is -1.86. The van der Waals surface area contributed by atoms with Crippen molar-refractivity contribution in [1.29, 1.82) is 5.26 Å². The SMILES string of the molecule is N#Cc1ccc(C(NC2CCCCC2)C(N)=O)cc1. The van der Waals surface area contributed by atoms with Gasteiger partial charge < -0.3 is 5.73 Å². The number of amides is 1. The second-order valence-corrected chi connectivity index (χ2v) is 5.07. The number of carbonyl (C=O) groups is 1. The third-order valence-electron chi connectivity index (χ3n) is 3.67. The van der Waals surface area contributed by atoms with Gasteiger partial charge in [-0.15, -0.1) is 0 Å². The molecule has 1 aromatic carbocycles. The first-order chi connectivity index (χ1) is 9.20. The summed E-state index contributed by atoms with van der Waals surface area (Å²) in [6, 6.07) is 8.99. The lowest BCUT2D eigenvalue weighted by atomic mass is 9.93. The highest BCUT2D eigenvalue weighted by atomic mass is 16.1. The summed E-state index contributed by atoms with van der Waals surface area (Å²) in [7, 11) is 0. The molecule has 1 aliphatic carbocycles. The molecule has 0 saturated heterocycles. The third-order valence-corrected chi connectivity index (χ3v) is 3.67. The van der Waals surface area contributed by atoms with Gasteiger partial charge in [0, 0.05) is 6.04 Å². The van der Waals surface area contributed by atoms with E-state index in [0.717, 1.165) is 18.4 Å². The average Bonchev–Trinajstić information content (AvgIpc) is 2.46. The van der Waals surface area contributed by atoms with Crippen molar-refractivity contribution in [2.45, 2.75) is 44.2 Å². The average molecular weight is 257 g/mol. The van der Waals surface area contributed by atoms with Gasteiger partial charge in [0.05, 0.1) is 11.6 Å². The van der Waals surface area contributed by atoms with Gasteiger partial charge in [-0.3, -0.25) is 10.1 Å². The largest absolute Gasteiger partial charge is 0.368 e. The zero-order valence-electron chi connectivity index (χ0n) is 10.9. The predicted molar refractivity (Wildman–Crippen MR) is 73.1 cm³/mol. The number of rotatable bonds is 4. The first kappa shape index (κ1) is 13.6. The molecule has 0 radical (unpaired) electrons. The number of benzene rings is 1. The molecule has 19 heavy (non-hydrogen) atoms. The monoisotopic (exact) mass is 257 g/mol. The van der Waals surface area contributed by atoms with Crippen LogP contribution >= 0.6 is 0 Å². The molecule has 1 atom stereocenters. The molecule has 4 heteroatoms. The first-order valence-corrected chi connectivity index (χ1v) is 6.76. The molecule has 0 aromatic heterocycles. The lowest BCUT2D eigenvalue weighted by molar-refractivity contribution is -0.120. The summed E-state index contributed by atoms with van der Waals surface area (Å²) in [4.78, 5) is 11.6. The maximum atomic E-state index is 11.6. The molecular formula is C15H19N3O. The summed E-state index contributed by atoms with van der Waals surface area (Å²) in [6.07, 6.45) is 5.88. The summed E-state index contributed by atoms with van der Waals surface area (Å²) < 4.78 is 0. The third kappa shape index (κ3) is 3.55. The van der Waals surface area contributed by atoms with Crippen LogP contribution in [0.1, 0.15) is 49.3 Å². The van der Waals surface area contributed by atoms with Gasteiger partial charge in [-0.2, -0.15) is 5.26 Å². The molecule has 1 aromatic rings. The van der Waals surface area contributed by atoms with Gasteiger partial charge in [0.25, 0.3) is 0 Å². The predicted octanol–water partition coefficient (Wildman–Crippen LogP) is 2.01. The lowest BCUT2D eigenvalue weighted by Crippen LogP contribution is -2.40. The van der Waals surface area contributed by atoms with E-state index in [1.54, 1.807) is 24.3 Å². The van der Waals surface area contributed by atoms with Crippen LogP contribution in [0.5, 0.6) is 0 Å². The van der Waals surface area contributed by atoms with Crippen LogP contribution in [-0.4, -0.2) is 11.9 Å². The zero-order chi connectivity index (χ0) is 13.7. The second kappa shape index (κ2) is 6.35. The molecule has 4 nitrogen and oxygen atoms in total. The summed E-state index contributed by atoms with van der Waals surface area (Å²) >= 11 is 0. The van der Waals surface area contributed by atoms with E-state index in [-0.39, 0.29) is 5.91 Å². The molecule has 1 saturated carbocycles. The van der Waals surface area contributed by atoms with Crippen molar-refractivity contribution in [3.05, 3.63) is 35.4 Å². The Morgan fingerprint density at radius 3 is 2.42 bits per heavy atom. The fourth-order valence-electron chi connectivity index (χ4n) is 2.60. The molecule has 100 valence electrons. The molecule has 0 spiro atoms. The molecule has 2 rings (SSSR count). The quantitative estimate of drug-likeness (QED) is 0.866. The van der Waals surface area contributed by atoms with Crippen LogP contribution in [0, 0.1) is 11.3 Å². The minimum atomic E-state index is -0.462. The number of hydrogen-bond donors (Lipinski definition) is 2. The van der Waals surface area contributed by atoms with Crippen LogP contribution in [0.3, 0.4) is 0 Å². The Balaban J connectivity index is 2.10. The lowest BCUT2D eigenvalue weighted by Gasteiger charge is -2.27. The molecule has 0 aliphatic heterocycles. The van der Waals surface area contributed by atoms with Crippen molar-refractivity contribution < 1.29 is 4.79 Å². The topological polar surface area (TPSA) is 78.9 Å². The molecule has 1 unspecified atom stereocenters. The van der Waals surface area contributed by atoms with Crippen molar-refractivity contribution >= 4 is 5.91 Å². The zero-order valence-corrected chi connectivity index (χ0v) is 10.9. The molecule has 1 amide bonds. The fourth-order valence-corrected chi connectivity index (χ4v) is 2.60. The van der Waals surface area contributed by atoms with Gasteiger partial charge >= 0.3 is 0 Å². The number of carbonyl (C=O) groups excluding carboxylic acids is 1. The standard InChI is InChI=1S/C15H19N3O/c16-10-11-6-8-12(9-7-11)14(15(17)19)18-13-4-2-1-3-5-13/h6-9,13-14,18H,1-5H2,(H2,17,19). The van der Waals surface area contributed by atoms with Crippen LogP contribution in [0.2, 0.25) is 0 Å². The van der Waals surface area contributed by atoms with Crippen molar-refractivity contribution in [1.82, 2.24) is 5.32 Å². The van der Waals surface area contributed by atoms with Crippen LogP contribution in [0.25, 0.3) is 0 Å². The van der Waals surface area contributed by atoms with E-state index < -0.39 is 6.04 Å². The van der Waals surface area contributed by atoms with E-state index in [0.29, 0.717) is 11.6 Å². The highest BCUT2D eigenvalue weighted by Gasteiger charge is 2.22. The Labute approximate surface area is 113 Å². The van der Waals surface area contributed by atoms with E-state index in [1.807, 2.05) is 0 Å². The minimum Gasteiger partial charge on any atom is -0.368 e. The molecular weight excluding hydrogens is 238 g/mol. The van der Waals surface area contributed by atoms with Crippen molar-refractivity contribution in [3.8, 4) is 6.07 Å². The number of nitriles is 1. The van der Waals surface area contributed by atoms with Gasteiger partial charge in [-0.1, -0.05) is 31.4 Å². The van der Waals surface area contributed by atoms with E-state index in [1.165, 1.54) is 19.3 Å². The Bertz CT molecular complexity index is 469. The number of primary amides is 1. The number of nitrogens with one attached hydrogen (secondary N) is 1. The van der Waals surface area contributed by atoms with Crippen molar-refractivity contribution in [2.24, 2.45) is 5.73 Å². The summed E-state index contributed by atoms with van der Waals surface area (Å²) in [5.74, 6) is -0.365. The Morgan fingerprint density at radius 1 is 1.26 bits per heavy atom. The number of nitrogens with zero attached hydrogens (tertiary/aromatic N) is 1. The van der Waals surface area contributed by atoms with E-state index in [2.05, 4.69) is 11.4 Å². The molecule has 1 aliphatic rings. The minimum absolute atomic E-state index is 0.363. The Morgan fingerprint density at radius 2 is 1.89 bits per heavy atom. The van der Waals surface area contributed by atoms with Crippen molar-refractivity contribution in [3.63, 3.8) is 0 Å². The van der Waals surface area contributed by atoms with E-state index in [4.69, 9.17) is 11.0 Å². The van der Waals surface area contributed by atoms with Gasteiger partial charge in [0.1, 0.15) is 6.04 Å². The summed E-state index contributed by atoms with van der Waals surface area (Å²) in [5, 5.41) is 12.1. The molecule has 0 bridgehead atoms. The van der Waals surface area contributed by atoms with Crippen LogP contribution in [0.15, 0.2) is 24.3 Å². The Kier molecular flexibility index (Phi) is 4.53. The second-order valence-electron chi connectivity index (χ2n) is 5.07. The summed E-state index contributed by atoms with van der Waals surface area (Å²) in [6.45, 7) is 0. The van der Waals surface area contributed by atoms with Crippen LogP contribution in [0.4, 0.5) is 0 Å². The van der Waals surface area contributed by atoms with Crippen molar-refractivity contribution in [2.75, 3.05) is 0 Å². The fraction of sp³-hybridized carbons (Fsp3) is 0.467. The maximum absolute atomic E-state index is 11.6.